The molecule has 0 saturated heterocycles. The molecule has 0 bridgehead atoms. The van der Waals surface area contributed by atoms with Gasteiger partial charge in [-0.05, 0) is 145 Å². The summed E-state index contributed by atoms with van der Waals surface area (Å²) in [5.74, 6) is 0. The molecule has 2 aliphatic rings. The van der Waals surface area contributed by atoms with Crippen molar-refractivity contribution in [2.24, 2.45) is 0 Å². The van der Waals surface area contributed by atoms with Crippen molar-refractivity contribution in [1.82, 2.24) is 4.98 Å². The molecule has 1 aliphatic heterocycles. The number of aromatic nitrogens is 1. The van der Waals surface area contributed by atoms with Gasteiger partial charge in [0.25, 0.3) is 0 Å². The first-order valence-electron chi connectivity index (χ1n) is 21.2. The number of thiophene rings is 5. The number of para-hydroxylation sites is 4. The highest BCUT2D eigenvalue weighted by atomic mass is 32.2. The molecule has 13 aromatic rings. The average Bonchev–Trinajstić information content (AvgIpc) is 4.22. The van der Waals surface area contributed by atoms with Crippen molar-refractivity contribution in [2.45, 2.75) is 16.2 Å². The molecule has 6 aromatic heterocycles. The highest BCUT2D eigenvalue weighted by Crippen LogP contribution is 2.43. The summed E-state index contributed by atoms with van der Waals surface area (Å²) in [6.07, 6.45) is 1.10. The maximum atomic E-state index is 3.42. The van der Waals surface area contributed by atoms with Crippen LogP contribution in [-0.2, 0) is 6.42 Å². The van der Waals surface area contributed by atoms with Gasteiger partial charge < -0.3 is 10.3 Å². The number of hydrogen-bond donors (Lipinski definition) is 2. The Morgan fingerprint density at radius 2 is 0.785 bits per heavy atom. The van der Waals surface area contributed by atoms with Gasteiger partial charge in [0.1, 0.15) is 0 Å². The van der Waals surface area contributed by atoms with E-state index in [0.717, 1.165) is 6.42 Å². The van der Waals surface area contributed by atoms with Crippen LogP contribution >= 0.6 is 68.4 Å². The Labute approximate surface area is 403 Å². The Morgan fingerprint density at radius 3 is 1.29 bits per heavy atom. The van der Waals surface area contributed by atoms with E-state index in [0.29, 0.717) is 0 Å². The number of anilines is 2. The summed E-state index contributed by atoms with van der Waals surface area (Å²) >= 11 is 10.8. The van der Waals surface area contributed by atoms with E-state index in [2.05, 4.69) is 214 Å². The normalized spacial score (nSPS) is 11.4. The number of H-pyrrole nitrogens is 1. The molecule has 0 saturated carbocycles. The van der Waals surface area contributed by atoms with Crippen molar-refractivity contribution >= 4 is 131 Å². The standard InChI is InChI=1S/C13H10.C12H9NS.C12H9N.C10H6S2.C6H4S2.C4H4S/c1-3-7-12-10(5-1)9-11-6-2-4-8-13(11)12;1-3-7-11-9(5-1)13-10-6-2-4-8-12(10)14-11;1-3-7-11-9(5-1)10-6-2-4-8-12(10)13-11;1-3-11-9-6-8-2-4-12-10(8)5-7(1)9;1-3-7-6-2-4-8-5(1)6;1-2-4-5-3-1/h1-8H,9H2;1-8,13H;1-8,13H;1-6H;1-4H;1-4H. The lowest BCUT2D eigenvalue weighted by atomic mass is 10.1. The second kappa shape index (κ2) is 20.7. The first-order chi connectivity index (χ1) is 32.2. The van der Waals surface area contributed by atoms with Crippen molar-refractivity contribution in [2.75, 3.05) is 5.32 Å². The number of rotatable bonds is 0. The molecule has 316 valence electrons. The molecular weight excluding hydrogens is 905 g/mol. The zero-order valence-corrected chi connectivity index (χ0v) is 40.0. The van der Waals surface area contributed by atoms with Crippen LogP contribution in [0.1, 0.15) is 11.1 Å². The lowest BCUT2D eigenvalue weighted by Crippen LogP contribution is -1.98. The molecular formula is C57H42N2S6. The summed E-state index contributed by atoms with van der Waals surface area (Å²) in [5, 5.41) is 21.4. The molecule has 15 rings (SSSR count). The fourth-order valence-corrected chi connectivity index (χ4v) is 12.7. The Kier molecular flexibility index (Phi) is 13.6. The van der Waals surface area contributed by atoms with E-state index < -0.39 is 0 Å². The molecule has 0 fully saturated rings. The predicted octanol–water partition coefficient (Wildman–Crippen LogP) is 19.3. The van der Waals surface area contributed by atoms with Gasteiger partial charge in [0.05, 0.1) is 11.4 Å². The molecule has 0 atom stereocenters. The molecule has 0 amide bonds. The van der Waals surface area contributed by atoms with E-state index in [9.17, 15) is 0 Å². The van der Waals surface area contributed by atoms with Crippen LogP contribution in [0.15, 0.2) is 236 Å². The van der Waals surface area contributed by atoms with Crippen LogP contribution in [-0.4, -0.2) is 4.98 Å². The minimum Gasteiger partial charge on any atom is -0.355 e. The molecule has 2 nitrogen and oxygen atoms in total. The molecule has 8 heteroatoms. The van der Waals surface area contributed by atoms with Gasteiger partial charge in [0.2, 0.25) is 0 Å². The van der Waals surface area contributed by atoms with E-state index in [1.54, 1.807) is 34.0 Å². The van der Waals surface area contributed by atoms with Gasteiger partial charge in [-0.1, -0.05) is 133 Å². The van der Waals surface area contributed by atoms with Crippen molar-refractivity contribution < 1.29 is 0 Å². The highest BCUT2D eigenvalue weighted by Gasteiger charge is 2.16. The smallest absolute Gasteiger partial charge is 0.0526 e. The first kappa shape index (κ1) is 42.7. The van der Waals surface area contributed by atoms with Gasteiger partial charge >= 0.3 is 0 Å². The second-order valence-corrected chi connectivity index (χ2v) is 20.7. The molecule has 0 radical (unpaired) electrons. The van der Waals surface area contributed by atoms with Crippen molar-refractivity contribution in [3.63, 3.8) is 0 Å². The summed E-state index contributed by atoms with van der Waals surface area (Å²) in [6, 6.07) is 68.1. The van der Waals surface area contributed by atoms with Crippen molar-refractivity contribution in [3.8, 4) is 11.1 Å². The molecule has 65 heavy (non-hydrogen) atoms. The quantitative estimate of drug-likeness (QED) is 0.159. The largest absolute Gasteiger partial charge is 0.355 e. The van der Waals surface area contributed by atoms with E-state index in [1.807, 2.05) is 57.3 Å². The minimum atomic E-state index is 1.10. The van der Waals surface area contributed by atoms with Crippen molar-refractivity contribution in [3.05, 3.63) is 238 Å². The summed E-state index contributed by atoms with van der Waals surface area (Å²) in [5.41, 5.74) is 10.6. The van der Waals surface area contributed by atoms with Crippen molar-refractivity contribution in [1.29, 1.82) is 0 Å². The maximum absolute atomic E-state index is 3.42. The van der Waals surface area contributed by atoms with Crippen LogP contribution < -0.4 is 5.32 Å². The number of nitrogens with one attached hydrogen (secondary N) is 2. The number of benzene rings is 7. The second-order valence-electron chi connectivity index (χ2n) is 15.1. The SMILES string of the molecule is c1cc2cc3sccc3cc2s1.c1cc2sccc2s1.c1ccc2c(c1)Cc1ccccc1-2.c1ccc2c(c1)Nc1ccccc1S2.c1ccc2c(c1)[nH]c1ccccc12.c1ccsc1. The average molecular weight is 947 g/mol. The zero-order chi connectivity index (χ0) is 43.6. The third-order valence-electron chi connectivity index (χ3n) is 10.9. The van der Waals surface area contributed by atoms with E-state index in [-0.39, 0.29) is 0 Å². The summed E-state index contributed by atoms with van der Waals surface area (Å²) in [7, 11) is 0. The van der Waals surface area contributed by atoms with Crippen LogP contribution in [0, 0.1) is 0 Å². The van der Waals surface area contributed by atoms with E-state index >= 15 is 0 Å². The van der Waals surface area contributed by atoms with E-state index in [1.165, 1.54) is 94.8 Å². The molecule has 1 aliphatic carbocycles. The molecule has 7 heterocycles. The van der Waals surface area contributed by atoms with Gasteiger partial charge in [-0.25, -0.2) is 0 Å². The van der Waals surface area contributed by atoms with Crippen LogP contribution in [0.5, 0.6) is 0 Å². The summed E-state index contributed by atoms with van der Waals surface area (Å²) < 4.78 is 5.60. The Morgan fingerprint density at radius 1 is 0.354 bits per heavy atom. The van der Waals surface area contributed by atoms with Gasteiger partial charge in [0, 0.05) is 50.4 Å². The third kappa shape index (κ3) is 10.2. The van der Waals surface area contributed by atoms with Gasteiger partial charge in [-0.2, -0.15) is 11.3 Å². The lowest BCUT2D eigenvalue weighted by molar-refractivity contribution is 1.26. The predicted molar refractivity (Wildman–Crippen MR) is 292 cm³/mol. The number of hydrogen-bond acceptors (Lipinski definition) is 7. The van der Waals surface area contributed by atoms with Crippen LogP contribution in [0.25, 0.3) is 62.5 Å². The first-order valence-corrected chi connectivity index (χ1v) is 26.5. The molecule has 2 N–H and O–H groups in total. The fraction of sp³-hybridized carbons (Fsp3) is 0.0175. The number of fused-ring (bicyclic) bond motifs is 11. The Hall–Kier alpha value is -6.23. The van der Waals surface area contributed by atoms with Gasteiger partial charge in [0.15, 0.2) is 0 Å². The zero-order valence-electron chi connectivity index (χ0n) is 35.1. The topological polar surface area (TPSA) is 27.8 Å². The van der Waals surface area contributed by atoms with Crippen LogP contribution in [0.3, 0.4) is 0 Å². The minimum absolute atomic E-state index is 1.10. The van der Waals surface area contributed by atoms with Gasteiger partial charge in [-0.3, -0.25) is 0 Å². The van der Waals surface area contributed by atoms with Crippen LogP contribution in [0.2, 0.25) is 0 Å². The molecule has 7 aromatic carbocycles. The summed E-state index contributed by atoms with van der Waals surface area (Å²) in [4.78, 5) is 5.97. The van der Waals surface area contributed by atoms with E-state index in [4.69, 9.17) is 0 Å². The van der Waals surface area contributed by atoms with Gasteiger partial charge in [-0.15, -0.1) is 45.3 Å². The summed E-state index contributed by atoms with van der Waals surface area (Å²) in [6.45, 7) is 0. The molecule has 0 spiro atoms. The third-order valence-corrected chi connectivity index (χ3v) is 16.3. The fourth-order valence-electron chi connectivity index (χ4n) is 7.80. The Bertz CT molecular complexity index is 3230. The monoisotopic (exact) mass is 946 g/mol. The lowest BCUT2D eigenvalue weighted by Gasteiger charge is -2.19. The molecule has 0 unspecified atom stereocenters. The highest BCUT2D eigenvalue weighted by molar-refractivity contribution is 7.99. The Balaban J connectivity index is 0.0000000939. The number of aromatic amines is 1. The van der Waals surface area contributed by atoms with Crippen LogP contribution in [0.4, 0.5) is 11.4 Å². The maximum Gasteiger partial charge on any atom is 0.0526 e.